The molecule has 34 heavy (non-hydrogen) atoms. The van der Waals surface area contributed by atoms with Gasteiger partial charge in [-0.05, 0) is 68.8 Å². The number of methoxy groups -OCH3 is 1. The zero-order valence-electron chi connectivity index (χ0n) is 19.2. The average Bonchev–Trinajstić information content (AvgIpc) is 3.47. The van der Waals surface area contributed by atoms with Crippen molar-refractivity contribution in [1.82, 2.24) is 14.5 Å². The lowest BCUT2D eigenvalue weighted by atomic mass is 10.1. The number of aromatic nitrogens is 2. The molecule has 1 fully saturated rings. The number of hydrogen-bond donors (Lipinski definition) is 0. The van der Waals surface area contributed by atoms with Gasteiger partial charge in [0.25, 0.3) is 5.56 Å². The highest BCUT2D eigenvalue weighted by atomic mass is 35.5. The predicted molar refractivity (Wildman–Crippen MR) is 138 cm³/mol. The number of ether oxygens (including phenoxy) is 2. The van der Waals surface area contributed by atoms with E-state index < -0.39 is 0 Å². The lowest BCUT2D eigenvalue weighted by Crippen LogP contribution is -2.26. The first kappa shape index (κ1) is 22.9. The van der Waals surface area contributed by atoms with Gasteiger partial charge < -0.3 is 14.4 Å². The van der Waals surface area contributed by atoms with Crippen LogP contribution in [0.1, 0.15) is 19.3 Å². The zero-order valence-corrected chi connectivity index (χ0v) is 20.7. The second-order valence-electron chi connectivity index (χ2n) is 8.50. The molecular formula is C26H26ClN3O3S. The number of fused-ring (bicyclic) bond motifs is 1. The molecule has 4 aromatic rings. The third-order valence-electron chi connectivity index (χ3n) is 6.37. The maximum absolute atomic E-state index is 13.3. The molecule has 5 rings (SSSR count). The fourth-order valence-electron chi connectivity index (χ4n) is 4.43. The lowest BCUT2D eigenvalue weighted by molar-refractivity contribution is 0.227. The van der Waals surface area contributed by atoms with Crippen LogP contribution in [0.3, 0.4) is 0 Å². The van der Waals surface area contributed by atoms with E-state index in [1.165, 1.54) is 24.2 Å². The Kier molecular flexibility index (Phi) is 6.59. The van der Waals surface area contributed by atoms with E-state index in [4.69, 9.17) is 21.1 Å². The van der Waals surface area contributed by atoms with Crippen molar-refractivity contribution in [3.8, 4) is 27.6 Å². The van der Waals surface area contributed by atoms with Crippen LogP contribution >= 0.6 is 22.9 Å². The van der Waals surface area contributed by atoms with Crippen LogP contribution in [-0.2, 0) is 0 Å². The molecule has 1 atom stereocenters. The van der Waals surface area contributed by atoms with Crippen LogP contribution < -0.4 is 15.0 Å². The summed E-state index contributed by atoms with van der Waals surface area (Å²) in [4.78, 5) is 21.2. The van der Waals surface area contributed by atoms with Gasteiger partial charge in [0.15, 0.2) is 11.5 Å². The van der Waals surface area contributed by atoms with Crippen molar-refractivity contribution < 1.29 is 9.47 Å². The Labute approximate surface area is 207 Å². The van der Waals surface area contributed by atoms with Gasteiger partial charge >= 0.3 is 0 Å². The van der Waals surface area contributed by atoms with Gasteiger partial charge in [-0.25, -0.2) is 4.98 Å². The summed E-state index contributed by atoms with van der Waals surface area (Å²) < 4.78 is 13.7. The molecule has 1 aliphatic heterocycles. The van der Waals surface area contributed by atoms with Crippen molar-refractivity contribution in [2.45, 2.75) is 25.3 Å². The van der Waals surface area contributed by atoms with Crippen molar-refractivity contribution in [2.24, 2.45) is 0 Å². The molecule has 2 aromatic carbocycles. The van der Waals surface area contributed by atoms with Crippen molar-refractivity contribution >= 4 is 33.2 Å². The van der Waals surface area contributed by atoms with Crippen LogP contribution in [0.15, 0.2) is 59.7 Å². The van der Waals surface area contributed by atoms with Crippen LogP contribution in [0.25, 0.3) is 26.3 Å². The standard InChI is InChI=1S/C26H26ClN3O3S/c1-29-12-3-4-19(29)11-13-33-22-10-9-20(14-23(22)32-2)30-16-28-21-15-24(34-25(21)26(30)31)17-5-7-18(27)8-6-17/h5-10,14-16,19H,3-4,11-13H2,1-2H3. The van der Waals surface area contributed by atoms with E-state index in [9.17, 15) is 4.79 Å². The Morgan fingerprint density at radius 3 is 2.71 bits per heavy atom. The minimum absolute atomic E-state index is 0.116. The van der Waals surface area contributed by atoms with E-state index in [1.807, 2.05) is 48.5 Å². The molecular weight excluding hydrogens is 470 g/mol. The molecule has 3 heterocycles. The molecule has 1 aliphatic rings. The number of thiophene rings is 1. The van der Waals surface area contributed by atoms with Gasteiger partial charge in [-0.3, -0.25) is 9.36 Å². The maximum atomic E-state index is 13.3. The molecule has 6 nitrogen and oxygen atoms in total. The molecule has 1 unspecified atom stereocenters. The van der Waals surface area contributed by atoms with E-state index in [2.05, 4.69) is 16.9 Å². The number of halogens is 1. The molecule has 0 radical (unpaired) electrons. The quantitative estimate of drug-likeness (QED) is 0.332. The fourth-order valence-corrected chi connectivity index (χ4v) is 5.60. The monoisotopic (exact) mass is 495 g/mol. The van der Waals surface area contributed by atoms with Gasteiger partial charge in [-0.2, -0.15) is 0 Å². The molecule has 0 spiro atoms. The number of rotatable bonds is 7. The summed E-state index contributed by atoms with van der Waals surface area (Å²) in [7, 11) is 3.78. The second kappa shape index (κ2) is 9.78. The number of hydrogen-bond acceptors (Lipinski definition) is 6. The maximum Gasteiger partial charge on any atom is 0.275 e. The van der Waals surface area contributed by atoms with Crippen LogP contribution in [-0.4, -0.2) is 47.8 Å². The smallest absolute Gasteiger partial charge is 0.275 e. The summed E-state index contributed by atoms with van der Waals surface area (Å²) in [6.45, 7) is 1.78. The molecule has 0 saturated carbocycles. The first-order chi connectivity index (χ1) is 16.5. The van der Waals surface area contributed by atoms with Gasteiger partial charge in [0.05, 0.1) is 24.9 Å². The third kappa shape index (κ3) is 4.56. The van der Waals surface area contributed by atoms with Crippen LogP contribution in [0.4, 0.5) is 0 Å². The Hall–Kier alpha value is -2.87. The molecule has 0 bridgehead atoms. The molecule has 1 saturated heterocycles. The highest BCUT2D eigenvalue weighted by molar-refractivity contribution is 7.22. The molecule has 2 aromatic heterocycles. The summed E-state index contributed by atoms with van der Waals surface area (Å²) in [6.07, 6.45) is 5.01. The third-order valence-corrected chi connectivity index (χ3v) is 7.79. The summed E-state index contributed by atoms with van der Waals surface area (Å²) in [5, 5.41) is 0.678. The van der Waals surface area contributed by atoms with Gasteiger partial charge in [0.1, 0.15) is 11.0 Å². The van der Waals surface area contributed by atoms with Crippen LogP contribution in [0, 0.1) is 0 Å². The molecule has 0 N–H and O–H groups in total. The van der Waals surface area contributed by atoms with Crippen molar-refractivity contribution in [3.63, 3.8) is 0 Å². The minimum Gasteiger partial charge on any atom is -0.493 e. The van der Waals surface area contributed by atoms with E-state index in [0.717, 1.165) is 23.4 Å². The van der Waals surface area contributed by atoms with Crippen LogP contribution in [0.2, 0.25) is 5.02 Å². The van der Waals surface area contributed by atoms with Crippen molar-refractivity contribution in [3.05, 3.63) is 70.2 Å². The molecule has 0 aliphatic carbocycles. The first-order valence-electron chi connectivity index (χ1n) is 11.3. The van der Waals surface area contributed by atoms with Gasteiger partial charge in [0.2, 0.25) is 0 Å². The number of benzene rings is 2. The highest BCUT2D eigenvalue weighted by Gasteiger charge is 2.21. The van der Waals surface area contributed by atoms with E-state index in [1.54, 1.807) is 18.0 Å². The van der Waals surface area contributed by atoms with Crippen LogP contribution in [0.5, 0.6) is 11.5 Å². The molecule has 8 heteroatoms. The Bertz CT molecular complexity index is 1370. The average molecular weight is 496 g/mol. The predicted octanol–water partition coefficient (Wildman–Crippen LogP) is 5.64. The van der Waals surface area contributed by atoms with E-state index in [0.29, 0.717) is 45.1 Å². The van der Waals surface area contributed by atoms with E-state index in [-0.39, 0.29) is 5.56 Å². The Morgan fingerprint density at radius 1 is 1.15 bits per heavy atom. The summed E-state index contributed by atoms with van der Waals surface area (Å²) in [5.74, 6) is 1.27. The minimum atomic E-state index is -0.116. The van der Waals surface area contributed by atoms with E-state index >= 15 is 0 Å². The molecule has 0 amide bonds. The molecule has 176 valence electrons. The summed E-state index contributed by atoms with van der Waals surface area (Å²) >= 11 is 7.44. The summed E-state index contributed by atoms with van der Waals surface area (Å²) in [6, 6.07) is 15.6. The zero-order chi connectivity index (χ0) is 23.7. The van der Waals surface area contributed by atoms with Gasteiger partial charge in [-0.15, -0.1) is 11.3 Å². The lowest BCUT2D eigenvalue weighted by Gasteiger charge is -2.20. The topological polar surface area (TPSA) is 56.6 Å². The normalized spacial score (nSPS) is 16.3. The first-order valence-corrected chi connectivity index (χ1v) is 12.5. The summed E-state index contributed by atoms with van der Waals surface area (Å²) in [5.41, 5.74) is 2.25. The number of likely N-dealkylation sites (tertiary alicyclic amines) is 1. The Morgan fingerprint density at radius 2 is 1.97 bits per heavy atom. The van der Waals surface area contributed by atoms with Gasteiger partial charge in [-0.1, -0.05) is 23.7 Å². The van der Waals surface area contributed by atoms with Crippen molar-refractivity contribution in [1.29, 1.82) is 0 Å². The fraction of sp³-hybridized carbons (Fsp3) is 0.308. The Balaban J connectivity index is 1.39. The SMILES string of the molecule is COc1cc(-n2cnc3cc(-c4ccc(Cl)cc4)sc3c2=O)ccc1OCCC1CCCN1C. The van der Waals surface area contributed by atoms with Gasteiger partial charge in [0, 0.05) is 22.0 Å². The largest absolute Gasteiger partial charge is 0.493 e. The second-order valence-corrected chi connectivity index (χ2v) is 9.99. The highest BCUT2D eigenvalue weighted by Crippen LogP contribution is 2.33. The number of nitrogens with zero attached hydrogens (tertiary/aromatic N) is 3. The van der Waals surface area contributed by atoms with Crippen molar-refractivity contribution in [2.75, 3.05) is 27.3 Å².